The van der Waals surface area contributed by atoms with Crippen LogP contribution in [0.2, 0.25) is 0 Å². The van der Waals surface area contributed by atoms with E-state index in [0.717, 1.165) is 22.5 Å². The van der Waals surface area contributed by atoms with Crippen LogP contribution in [0.3, 0.4) is 0 Å². The van der Waals surface area contributed by atoms with Crippen LogP contribution >= 0.6 is 0 Å². The first-order valence-electron chi connectivity index (χ1n) is 10.8. The Bertz CT molecular complexity index is 1300. The number of nitrogens with one attached hydrogen (secondary N) is 1. The number of benzene rings is 2. The minimum atomic E-state index is -0.682. The number of amides is 2. The van der Waals surface area contributed by atoms with Crippen LogP contribution in [0, 0.1) is 0 Å². The van der Waals surface area contributed by atoms with E-state index in [1.165, 1.54) is 0 Å². The molecular formula is C25H23N5O3. The number of rotatable bonds is 7. The molecule has 0 radical (unpaired) electrons. The van der Waals surface area contributed by atoms with Crippen molar-refractivity contribution in [2.24, 2.45) is 0 Å². The van der Waals surface area contributed by atoms with Crippen LogP contribution < -0.4 is 15.0 Å². The van der Waals surface area contributed by atoms with Gasteiger partial charge in [-0.1, -0.05) is 18.2 Å². The number of ether oxygens (including phenoxy) is 1. The van der Waals surface area contributed by atoms with Crippen LogP contribution in [0.4, 0.5) is 11.6 Å². The van der Waals surface area contributed by atoms with Gasteiger partial charge in [-0.25, -0.2) is 4.98 Å². The zero-order chi connectivity index (χ0) is 22.8. The lowest BCUT2D eigenvalue weighted by Gasteiger charge is -2.15. The number of aromatic nitrogens is 3. The smallest absolute Gasteiger partial charge is 0.253 e. The quantitative estimate of drug-likeness (QED) is 0.469. The first-order valence-corrected chi connectivity index (χ1v) is 10.8. The highest BCUT2D eigenvalue weighted by molar-refractivity contribution is 6.05. The summed E-state index contributed by atoms with van der Waals surface area (Å²) in [6, 6.07) is 19.7. The minimum Gasteiger partial charge on any atom is -0.494 e. The molecule has 166 valence electrons. The van der Waals surface area contributed by atoms with Gasteiger partial charge in [-0.15, -0.1) is 0 Å². The Kier molecular flexibility index (Phi) is 5.48. The molecule has 1 aliphatic heterocycles. The van der Waals surface area contributed by atoms with E-state index in [9.17, 15) is 9.59 Å². The Morgan fingerprint density at radius 3 is 2.61 bits per heavy atom. The van der Waals surface area contributed by atoms with Crippen LogP contribution in [0.1, 0.15) is 25.1 Å². The lowest BCUT2D eigenvalue weighted by atomic mass is 10.1. The highest BCUT2D eigenvalue weighted by Gasteiger charge is 2.41. The minimum absolute atomic E-state index is 0.00187. The van der Waals surface area contributed by atoms with Gasteiger partial charge in [0, 0.05) is 11.9 Å². The molecule has 0 spiro atoms. The number of anilines is 2. The largest absolute Gasteiger partial charge is 0.494 e. The molecule has 1 atom stereocenters. The molecule has 2 amide bonds. The number of carbonyl (C=O) groups is 2. The van der Waals surface area contributed by atoms with Gasteiger partial charge in [-0.3, -0.25) is 24.0 Å². The van der Waals surface area contributed by atoms with Gasteiger partial charge in [0.15, 0.2) is 0 Å². The van der Waals surface area contributed by atoms with Crippen molar-refractivity contribution < 1.29 is 14.3 Å². The molecule has 4 aromatic rings. The average molecular weight is 441 g/mol. The first-order chi connectivity index (χ1) is 16.1. The van der Waals surface area contributed by atoms with Crippen molar-refractivity contribution in [3.05, 3.63) is 78.6 Å². The maximum atomic E-state index is 13.4. The Balaban J connectivity index is 1.41. The van der Waals surface area contributed by atoms with Gasteiger partial charge in [0.25, 0.3) is 5.91 Å². The summed E-state index contributed by atoms with van der Waals surface area (Å²) in [6.45, 7) is 2.78. The first kappa shape index (κ1) is 20.7. The van der Waals surface area contributed by atoms with E-state index in [0.29, 0.717) is 24.8 Å². The molecule has 0 saturated heterocycles. The number of fused-ring (bicyclic) bond motifs is 3. The van der Waals surface area contributed by atoms with Crippen molar-refractivity contribution in [3.63, 3.8) is 0 Å². The van der Waals surface area contributed by atoms with E-state index in [1.807, 2.05) is 54.0 Å². The van der Waals surface area contributed by atoms with Gasteiger partial charge in [0.1, 0.15) is 11.8 Å². The average Bonchev–Trinajstić information content (AvgIpc) is 3.32. The standard InChI is InChI=1S/C25H23N5O3/c1-2-33-19-12-10-17(11-13-19)27-23(31)15-22-24(32)29(16-18-7-5-6-14-26-18)25-28-20-8-3-4-9-21(20)30(22)25/h3-14,22H,2,15-16H2,1H3,(H,27,31)/t22-/m0/s1. The van der Waals surface area contributed by atoms with Gasteiger partial charge in [0.2, 0.25) is 11.9 Å². The second kappa shape index (κ2) is 8.74. The second-order valence-electron chi connectivity index (χ2n) is 7.74. The molecular weight excluding hydrogens is 418 g/mol. The van der Waals surface area contributed by atoms with E-state index >= 15 is 0 Å². The number of pyridine rings is 1. The number of nitrogens with zero attached hydrogens (tertiary/aromatic N) is 4. The van der Waals surface area contributed by atoms with E-state index in [1.54, 1.807) is 35.4 Å². The maximum Gasteiger partial charge on any atom is 0.253 e. The Hall–Kier alpha value is -4.20. The molecule has 8 heteroatoms. The molecule has 8 nitrogen and oxygen atoms in total. The summed E-state index contributed by atoms with van der Waals surface area (Å²) in [4.78, 5) is 37.0. The highest BCUT2D eigenvalue weighted by Crippen LogP contribution is 2.37. The molecule has 0 fully saturated rings. The molecule has 0 unspecified atom stereocenters. The third kappa shape index (κ3) is 4.03. The zero-order valence-electron chi connectivity index (χ0n) is 18.1. The third-order valence-electron chi connectivity index (χ3n) is 5.56. The molecule has 0 bridgehead atoms. The van der Waals surface area contributed by atoms with Crippen molar-refractivity contribution in [2.75, 3.05) is 16.8 Å². The topological polar surface area (TPSA) is 89.3 Å². The van der Waals surface area contributed by atoms with Crippen molar-refractivity contribution in [2.45, 2.75) is 25.9 Å². The predicted molar refractivity (Wildman–Crippen MR) is 125 cm³/mol. The summed E-state index contributed by atoms with van der Waals surface area (Å²) in [5.41, 5.74) is 3.00. The molecule has 0 aliphatic carbocycles. The zero-order valence-corrected chi connectivity index (χ0v) is 18.1. The summed E-state index contributed by atoms with van der Waals surface area (Å²) in [5, 5.41) is 2.88. The molecule has 1 N–H and O–H groups in total. The van der Waals surface area contributed by atoms with Crippen LogP contribution in [-0.4, -0.2) is 33.0 Å². The molecule has 3 heterocycles. The Morgan fingerprint density at radius 1 is 1.06 bits per heavy atom. The fraction of sp³-hybridized carbons (Fsp3) is 0.200. The van der Waals surface area contributed by atoms with Crippen molar-refractivity contribution in [3.8, 4) is 5.75 Å². The molecule has 1 aliphatic rings. The van der Waals surface area contributed by atoms with Crippen LogP contribution in [-0.2, 0) is 16.1 Å². The SMILES string of the molecule is CCOc1ccc(NC(=O)C[C@H]2C(=O)N(Cc3ccccn3)c3nc4ccccc4n32)cc1. The Morgan fingerprint density at radius 2 is 1.85 bits per heavy atom. The molecule has 5 rings (SSSR count). The normalized spacial score (nSPS) is 15.0. The molecule has 33 heavy (non-hydrogen) atoms. The fourth-order valence-corrected chi connectivity index (χ4v) is 4.09. The number of hydrogen-bond acceptors (Lipinski definition) is 5. The Labute approximate surface area is 190 Å². The fourth-order valence-electron chi connectivity index (χ4n) is 4.09. The second-order valence-corrected chi connectivity index (χ2v) is 7.74. The summed E-state index contributed by atoms with van der Waals surface area (Å²) in [7, 11) is 0. The number of para-hydroxylation sites is 2. The van der Waals surface area contributed by atoms with Crippen LogP contribution in [0.15, 0.2) is 72.9 Å². The summed E-state index contributed by atoms with van der Waals surface area (Å²) < 4.78 is 7.30. The van der Waals surface area contributed by atoms with Gasteiger partial charge in [-0.2, -0.15) is 0 Å². The van der Waals surface area contributed by atoms with E-state index in [2.05, 4.69) is 15.3 Å². The van der Waals surface area contributed by atoms with E-state index < -0.39 is 6.04 Å². The van der Waals surface area contributed by atoms with E-state index in [4.69, 9.17) is 4.74 Å². The lowest BCUT2D eigenvalue weighted by molar-refractivity contribution is -0.124. The number of hydrogen-bond donors (Lipinski definition) is 1. The van der Waals surface area contributed by atoms with Crippen molar-refractivity contribution >= 4 is 34.5 Å². The summed E-state index contributed by atoms with van der Waals surface area (Å²) >= 11 is 0. The number of carbonyl (C=O) groups excluding carboxylic acids is 2. The monoisotopic (exact) mass is 441 g/mol. The summed E-state index contributed by atoms with van der Waals surface area (Å²) in [6.07, 6.45) is 1.69. The molecule has 0 saturated carbocycles. The third-order valence-corrected chi connectivity index (χ3v) is 5.56. The van der Waals surface area contributed by atoms with Crippen LogP contribution in [0.25, 0.3) is 11.0 Å². The van der Waals surface area contributed by atoms with E-state index in [-0.39, 0.29) is 18.2 Å². The molecule has 2 aromatic heterocycles. The van der Waals surface area contributed by atoms with Gasteiger partial charge in [0.05, 0.1) is 36.3 Å². The van der Waals surface area contributed by atoms with Gasteiger partial charge < -0.3 is 10.1 Å². The predicted octanol–water partition coefficient (Wildman–Crippen LogP) is 3.95. The summed E-state index contributed by atoms with van der Waals surface area (Å²) in [5.74, 6) is 0.851. The maximum absolute atomic E-state index is 13.4. The van der Waals surface area contributed by atoms with Crippen molar-refractivity contribution in [1.29, 1.82) is 0 Å². The highest BCUT2D eigenvalue weighted by atomic mass is 16.5. The van der Waals surface area contributed by atoms with Gasteiger partial charge >= 0.3 is 0 Å². The van der Waals surface area contributed by atoms with Gasteiger partial charge in [-0.05, 0) is 55.5 Å². The van der Waals surface area contributed by atoms with Crippen LogP contribution in [0.5, 0.6) is 5.75 Å². The number of imidazole rings is 1. The van der Waals surface area contributed by atoms with Crippen molar-refractivity contribution in [1.82, 2.24) is 14.5 Å². The molecule has 2 aromatic carbocycles. The lowest BCUT2D eigenvalue weighted by Crippen LogP contribution is -2.31.